The number of fused-ring (bicyclic) bond motifs is 1. The summed E-state index contributed by atoms with van der Waals surface area (Å²) >= 11 is 1.37. The van der Waals surface area contributed by atoms with Gasteiger partial charge in [-0.25, -0.2) is 4.79 Å². The van der Waals surface area contributed by atoms with Crippen molar-refractivity contribution in [2.24, 2.45) is 0 Å². The Hall–Kier alpha value is -2.94. The zero-order valence-electron chi connectivity index (χ0n) is 12.4. The Bertz CT molecular complexity index is 945. The number of ketones is 1. The van der Waals surface area contributed by atoms with E-state index in [9.17, 15) is 9.59 Å². The number of hydrogen-bond acceptors (Lipinski definition) is 7. The second-order valence-corrected chi connectivity index (χ2v) is 5.99. The van der Waals surface area contributed by atoms with E-state index in [0.717, 1.165) is 4.68 Å². The van der Waals surface area contributed by atoms with Crippen LogP contribution in [0.5, 0.6) is 11.5 Å². The maximum atomic E-state index is 12.4. The Labute approximate surface area is 139 Å². The van der Waals surface area contributed by atoms with Gasteiger partial charge in [-0.05, 0) is 46.1 Å². The van der Waals surface area contributed by atoms with Crippen LogP contribution in [0.3, 0.4) is 0 Å². The van der Waals surface area contributed by atoms with Crippen LogP contribution in [0.2, 0.25) is 0 Å². The summed E-state index contributed by atoms with van der Waals surface area (Å²) in [6.45, 7) is 0.741. The number of Topliss-reactive ketones (excluding diaryl/α,β-unsaturated/α-hetero) is 1. The van der Waals surface area contributed by atoms with Gasteiger partial charge in [-0.3, -0.25) is 4.79 Å². The number of nitrogens with zero attached hydrogens (tertiary/aromatic N) is 4. The van der Waals surface area contributed by atoms with E-state index in [4.69, 9.17) is 9.47 Å². The van der Waals surface area contributed by atoms with E-state index in [0.29, 0.717) is 35.3 Å². The molecule has 0 radical (unpaired) electrons. The number of thiophene rings is 1. The lowest BCUT2D eigenvalue weighted by Gasteiger charge is -2.18. The molecule has 0 N–H and O–H groups in total. The molecule has 2 aromatic heterocycles. The number of carbonyl (C=O) groups is 1. The van der Waals surface area contributed by atoms with Gasteiger partial charge >= 0.3 is 5.69 Å². The minimum atomic E-state index is -0.455. The van der Waals surface area contributed by atoms with Crippen LogP contribution in [0.15, 0.2) is 40.5 Å². The molecule has 0 aliphatic carbocycles. The van der Waals surface area contributed by atoms with E-state index in [2.05, 4.69) is 10.4 Å². The summed E-state index contributed by atoms with van der Waals surface area (Å²) < 4.78 is 13.1. The summed E-state index contributed by atoms with van der Waals surface area (Å²) in [5, 5.41) is 10.1. The molecule has 3 heterocycles. The summed E-state index contributed by atoms with van der Waals surface area (Å²) in [5.41, 5.74) is -0.0276. The van der Waals surface area contributed by atoms with Crippen LogP contribution in [0.1, 0.15) is 10.4 Å². The van der Waals surface area contributed by atoms with E-state index in [1.165, 1.54) is 16.0 Å². The van der Waals surface area contributed by atoms with Gasteiger partial charge in [0.05, 0.1) is 0 Å². The van der Waals surface area contributed by atoms with Crippen molar-refractivity contribution in [3.05, 3.63) is 51.8 Å². The first-order valence-electron chi connectivity index (χ1n) is 7.22. The zero-order chi connectivity index (χ0) is 16.5. The maximum Gasteiger partial charge on any atom is 0.369 e. The van der Waals surface area contributed by atoms with Crippen LogP contribution in [0, 0.1) is 0 Å². The van der Waals surface area contributed by atoms with Crippen LogP contribution in [0.25, 0.3) is 5.00 Å². The van der Waals surface area contributed by atoms with Crippen molar-refractivity contribution in [2.75, 3.05) is 13.2 Å². The van der Waals surface area contributed by atoms with E-state index < -0.39 is 5.69 Å². The highest BCUT2D eigenvalue weighted by molar-refractivity contribution is 7.12. The smallest absolute Gasteiger partial charge is 0.369 e. The van der Waals surface area contributed by atoms with Crippen molar-refractivity contribution < 1.29 is 14.3 Å². The van der Waals surface area contributed by atoms with Crippen molar-refractivity contribution in [1.29, 1.82) is 0 Å². The molecule has 1 aliphatic rings. The standard InChI is InChI=1S/C15H12N4O4S/c20-11(10-3-4-12-13(8-10)23-6-5-22-12)9-18-15(21)19(17-16-18)14-2-1-7-24-14/h1-4,7-8H,5-6,9H2. The topological polar surface area (TPSA) is 88.2 Å². The number of carbonyl (C=O) groups excluding carboxylic acids is 1. The van der Waals surface area contributed by atoms with Gasteiger partial charge in [0, 0.05) is 5.56 Å². The number of aromatic nitrogens is 4. The number of hydrogen-bond donors (Lipinski definition) is 0. The average molecular weight is 344 g/mol. The van der Waals surface area contributed by atoms with E-state index in [-0.39, 0.29) is 12.3 Å². The van der Waals surface area contributed by atoms with Crippen LogP contribution < -0.4 is 15.2 Å². The summed E-state index contributed by atoms with van der Waals surface area (Å²) in [6.07, 6.45) is 0. The third-order valence-electron chi connectivity index (χ3n) is 3.51. The van der Waals surface area contributed by atoms with Gasteiger partial charge < -0.3 is 9.47 Å². The minimum Gasteiger partial charge on any atom is -0.486 e. The van der Waals surface area contributed by atoms with Gasteiger partial charge in [0.15, 0.2) is 17.3 Å². The molecule has 0 spiro atoms. The predicted octanol–water partition coefficient (Wildman–Crippen LogP) is 1.14. The summed E-state index contributed by atoms with van der Waals surface area (Å²) in [4.78, 5) is 24.7. The molecule has 9 heteroatoms. The summed E-state index contributed by atoms with van der Waals surface area (Å²) in [6, 6.07) is 8.52. The minimum absolute atomic E-state index is 0.191. The van der Waals surface area contributed by atoms with Crippen LogP contribution in [-0.2, 0) is 6.54 Å². The second kappa shape index (κ2) is 5.93. The van der Waals surface area contributed by atoms with Crippen molar-refractivity contribution >= 4 is 17.1 Å². The molecule has 4 rings (SSSR count). The van der Waals surface area contributed by atoms with Crippen molar-refractivity contribution in [2.45, 2.75) is 6.54 Å². The molecule has 122 valence electrons. The Morgan fingerprint density at radius 2 is 2.00 bits per heavy atom. The van der Waals surface area contributed by atoms with Crippen molar-refractivity contribution in [1.82, 2.24) is 19.8 Å². The molecule has 0 bridgehead atoms. The Morgan fingerprint density at radius 3 is 2.79 bits per heavy atom. The monoisotopic (exact) mass is 344 g/mol. The zero-order valence-corrected chi connectivity index (χ0v) is 13.2. The fraction of sp³-hybridized carbons (Fsp3) is 0.200. The highest BCUT2D eigenvalue weighted by atomic mass is 32.1. The Kier molecular flexibility index (Phi) is 3.62. The van der Waals surface area contributed by atoms with Gasteiger partial charge in [-0.2, -0.15) is 9.36 Å². The molecule has 24 heavy (non-hydrogen) atoms. The number of ether oxygens (including phenoxy) is 2. The highest BCUT2D eigenvalue weighted by Crippen LogP contribution is 2.30. The molecule has 3 aromatic rings. The molecule has 8 nitrogen and oxygen atoms in total. The SMILES string of the molecule is O=C(Cn1nnn(-c2cccs2)c1=O)c1ccc2c(c1)OCCO2. The fourth-order valence-corrected chi connectivity index (χ4v) is 3.01. The maximum absolute atomic E-state index is 12.4. The molecule has 0 fully saturated rings. The fourth-order valence-electron chi connectivity index (χ4n) is 2.35. The van der Waals surface area contributed by atoms with Gasteiger partial charge in [-0.15, -0.1) is 11.3 Å². The molecule has 0 saturated heterocycles. The quantitative estimate of drug-likeness (QED) is 0.660. The lowest BCUT2D eigenvalue weighted by Crippen LogP contribution is -2.27. The molecule has 1 aliphatic heterocycles. The van der Waals surface area contributed by atoms with Gasteiger partial charge in [-0.1, -0.05) is 0 Å². The Balaban J connectivity index is 1.58. The molecule has 0 amide bonds. The Morgan fingerprint density at radius 1 is 1.17 bits per heavy atom. The van der Waals surface area contributed by atoms with Gasteiger partial charge in [0.1, 0.15) is 24.8 Å². The first-order valence-corrected chi connectivity index (χ1v) is 8.10. The average Bonchev–Trinajstić information content (AvgIpc) is 3.25. The molecule has 0 atom stereocenters. The number of rotatable bonds is 4. The third kappa shape index (κ3) is 2.58. The number of benzene rings is 1. The third-order valence-corrected chi connectivity index (χ3v) is 4.36. The molecular formula is C15H12N4O4S. The summed E-state index contributed by atoms with van der Waals surface area (Å²) in [5.74, 6) is 0.882. The molecule has 0 unspecified atom stereocenters. The molecular weight excluding hydrogens is 332 g/mol. The largest absolute Gasteiger partial charge is 0.486 e. The van der Waals surface area contributed by atoms with Gasteiger partial charge in [0.25, 0.3) is 0 Å². The predicted molar refractivity (Wildman–Crippen MR) is 85.3 cm³/mol. The summed E-state index contributed by atoms with van der Waals surface area (Å²) in [7, 11) is 0. The normalized spacial score (nSPS) is 13.0. The molecule has 1 aromatic carbocycles. The van der Waals surface area contributed by atoms with E-state index in [1.54, 1.807) is 24.3 Å². The first-order chi connectivity index (χ1) is 11.7. The van der Waals surface area contributed by atoms with Crippen molar-refractivity contribution in [3.8, 4) is 16.5 Å². The second-order valence-electron chi connectivity index (χ2n) is 5.06. The highest BCUT2D eigenvalue weighted by Gasteiger charge is 2.17. The van der Waals surface area contributed by atoms with Crippen molar-refractivity contribution in [3.63, 3.8) is 0 Å². The van der Waals surface area contributed by atoms with Crippen LogP contribution in [0.4, 0.5) is 0 Å². The van der Waals surface area contributed by atoms with Crippen LogP contribution in [-0.4, -0.2) is 38.8 Å². The van der Waals surface area contributed by atoms with E-state index in [1.807, 2.05) is 11.4 Å². The van der Waals surface area contributed by atoms with E-state index >= 15 is 0 Å². The van der Waals surface area contributed by atoms with Gasteiger partial charge in [0.2, 0.25) is 0 Å². The molecule has 0 saturated carbocycles. The first kappa shape index (κ1) is 14.6. The lowest BCUT2D eigenvalue weighted by molar-refractivity contribution is 0.0964. The number of tetrazole rings is 1. The lowest BCUT2D eigenvalue weighted by atomic mass is 10.1. The van der Waals surface area contributed by atoms with Crippen LogP contribution >= 0.6 is 11.3 Å².